The van der Waals surface area contributed by atoms with Crippen LogP contribution >= 0.6 is 11.6 Å². The number of rotatable bonds is 3. The van der Waals surface area contributed by atoms with Gasteiger partial charge in [-0.2, -0.15) is 9.67 Å². The van der Waals surface area contributed by atoms with Crippen LogP contribution in [0.25, 0.3) is 5.82 Å². The maximum Gasteiger partial charge on any atom is 0.248 e. The number of ether oxygens (including phenoxy) is 2. The maximum atomic E-state index is 5.87. The van der Waals surface area contributed by atoms with Gasteiger partial charge in [-0.25, -0.2) is 9.97 Å². The van der Waals surface area contributed by atoms with E-state index in [4.69, 9.17) is 26.8 Å². The van der Waals surface area contributed by atoms with Gasteiger partial charge in [-0.1, -0.05) is 11.6 Å². The monoisotopic (exact) mass is 331 g/mol. The smallest absolute Gasteiger partial charge is 0.248 e. The molecule has 2 aromatic heterocycles. The molecule has 0 unspecified atom stereocenters. The number of nitrogen functional groups attached to an aromatic ring is 1. The third-order valence-corrected chi connectivity index (χ3v) is 3.30. The standard InChI is InChI=1S/C13H10ClN7O2/c14-10-4-11(17-5-16-10)21-12(15)19-13(20-21)18-7-1-2-8-9(3-7)23-6-22-8/h1-5H,6H2,(H3,15,18,19,20). The van der Waals surface area contributed by atoms with E-state index in [-0.39, 0.29) is 17.9 Å². The van der Waals surface area contributed by atoms with Crippen LogP contribution in [0.15, 0.2) is 30.6 Å². The fraction of sp³-hybridized carbons (Fsp3) is 0.0769. The highest BCUT2D eigenvalue weighted by atomic mass is 35.5. The number of benzene rings is 1. The number of aromatic nitrogens is 5. The Hall–Kier alpha value is -3.07. The number of nitrogens with one attached hydrogen (secondary N) is 1. The van der Waals surface area contributed by atoms with Crippen molar-refractivity contribution in [3.8, 4) is 17.3 Å². The van der Waals surface area contributed by atoms with Crippen LogP contribution < -0.4 is 20.5 Å². The molecule has 10 heteroatoms. The molecule has 0 spiro atoms. The van der Waals surface area contributed by atoms with E-state index >= 15 is 0 Å². The number of anilines is 3. The number of nitrogens with zero attached hydrogens (tertiary/aromatic N) is 5. The average Bonchev–Trinajstić information content (AvgIpc) is 3.13. The molecule has 1 aromatic carbocycles. The lowest BCUT2D eigenvalue weighted by Gasteiger charge is -2.03. The highest BCUT2D eigenvalue weighted by Gasteiger charge is 2.15. The Balaban J connectivity index is 1.62. The normalized spacial score (nSPS) is 12.4. The highest BCUT2D eigenvalue weighted by Crippen LogP contribution is 2.34. The van der Waals surface area contributed by atoms with Crippen LogP contribution in [0.3, 0.4) is 0 Å². The van der Waals surface area contributed by atoms with Crippen LogP contribution in [0.1, 0.15) is 0 Å². The lowest BCUT2D eigenvalue weighted by Crippen LogP contribution is -2.04. The van der Waals surface area contributed by atoms with Gasteiger partial charge in [0.05, 0.1) is 0 Å². The van der Waals surface area contributed by atoms with Crippen LogP contribution in [0.4, 0.5) is 17.6 Å². The minimum atomic E-state index is 0.169. The Labute approximate surface area is 135 Å². The van der Waals surface area contributed by atoms with Crippen molar-refractivity contribution in [1.29, 1.82) is 0 Å². The molecule has 3 aromatic rings. The van der Waals surface area contributed by atoms with Crippen molar-refractivity contribution >= 4 is 29.2 Å². The van der Waals surface area contributed by atoms with Crippen LogP contribution in [0.5, 0.6) is 11.5 Å². The molecule has 0 saturated carbocycles. The molecule has 3 N–H and O–H groups in total. The number of halogens is 1. The second kappa shape index (κ2) is 5.29. The summed E-state index contributed by atoms with van der Waals surface area (Å²) in [7, 11) is 0. The molecule has 23 heavy (non-hydrogen) atoms. The lowest BCUT2D eigenvalue weighted by atomic mass is 10.3. The number of hydrogen-bond acceptors (Lipinski definition) is 8. The van der Waals surface area contributed by atoms with Gasteiger partial charge in [-0.3, -0.25) is 0 Å². The van der Waals surface area contributed by atoms with Crippen LogP contribution in [0.2, 0.25) is 5.15 Å². The number of hydrogen-bond donors (Lipinski definition) is 2. The van der Waals surface area contributed by atoms with Crippen molar-refractivity contribution in [3.05, 3.63) is 35.7 Å². The molecule has 0 bridgehead atoms. The van der Waals surface area contributed by atoms with E-state index in [1.807, 2.05) is 6.07 Å². The van der Waals surface area contributed by atoms with E-state index in [0.29, 0.717) is 23.3 Å². The van der Waals surface area contributed by atoms with Gasteiger partial charge in [0, 0.05) is 17.8 Å². The first-order valence-electron chi connectivity index (χ1n) is 6.56. The zero-order valence-corrected chi connectivity index (χ0v) is 12.4. The van der Waals surface area contributed by atoms with E-state index < -0.39 is 0 Å². The average molecular weight is 332 g/mol. The maximum absolute atomic E-state index is 5.87. The summed E-state index contributed by atoms with van der Waals surface area (Å²) in [6.07, 6.45) is 1.32. The van der Waals surface area contributed by atoms with Gasteiger partial charge < -0.3 is 20.5 Å². The Bertz CT molecular complexity index is 883. The Morgan fingerprint density at radius 2 is 2.04 bits per heavy atom. The second-order valence-corrected chi connectivity index (χ2v) is 4.98. The fourth-order valence-corrected chi connectivity index (χ4v) is 2.23. The van der Waals surface area contributed by atoms with Crippen molar-refractivity contribution in [2.24, 2.45) is 0 Å². The molecule has 0 radical (unpaired) electrons. The summed E-state index contributed by atoms with van der Waals surface area (Å²) in [4.78, 5) is 12.0. The molecular formula is C13H10ClN7O2. The molecule has 9 nitrogen and oxygen atoms in total. The summed E-state index contributed by atoms with van der Waals surface area (Å²) < 4.78 is 12.0. The first-order chi connectivity index (χ1) is 11.2. The van der Waals surface area contributed by atoms with E-state index in [2.05, 4.69) is 25.4 Å². The summed E-state index contributed by atoms with van der Waals surface area (Å²) in [6.45, 7) is 0.215. The first kappa shape index (κ1) is 13.6. The van der Waals surface area contributed by atoms with E-state index in [1.54, 1.807) is 12.1 Å². The van der Waals surface area contributed by atoms with Crippen molar-refractivity contribution in [1.82, 2.24) is 24.7 Å². The predicted molar refractivity (Wildman–Crippen MR) is 82.2 cm³/mol. The quantitative estimate of drug-likeness (QED) is 0.698. The van der Waals surface area contributed by atoms with Gasteiger partial charge in [-0.05, 0) is 12.1 Å². The highest BCUT2D eigenvalue weighted by molar-refractivity contribution is 6.29. The third-order valence-electron chi connectivity index (χ3n) is 3.10. The molecule has 1 aliphatic heterocycles. The minimum absolute atomic E-state index is 0.169. The van der Waals surface area contributed by atoms with Gasteiger partial charge in [0.2, 0.25) is 18.7 Å². The van der Waals surface area contributed by atoms with Gasteiger partial charge in [0.15, 0.2) is 17.3 Å². The van der Waals surface area contributed by atoms with Crippen molar-refractivity contribution < 1.29 is 9.47 Å². The zero-order chi connectivity index (χ0) is 15.8. The summed E-state index contributed by atoms with van der Waals surface area (Å²) in [5.41, 5.74) is 6.61. The second-order valence-electron chi connectivity index (χ2n) is 4.60. The third kappa shape index (κ3) is 2.57. The molecule has 0 fully saturated rings. The minimum Gasteiger partial charge on any atom is -0.454 e. The molecule has 3 heterocycles. The molecule has 0 atom stereocenters. The molecule has 1 aliphatic rings. The van der Waals surface area contributed by atoms with Gasteiger partial charge in [0.25, 0.3) is 0 Å². The summed E-state index contributed by atoms with van der Waals surface area (Å²) in [5.74, 6) is 2.27. The van der Waals surface area contributed by atoms with Crippen molar-refractivity contribution in [2.45, 2.75) is 0 Å². The molecule has 0 aliphatic carbocycles. The Kier molecular flexibility index (Phi) is 3.12. The number of fused-ring (bicyclic) bond motifs is 1. The summed E-state index contributed by atoms with van der Waals surface area (Å²) in [6, 6.07) is 6.96. The SMILES string of the molecule is Nc1nc(Nc2ccc3c(c2)OCO3)nn1-c1cc(Cl)ncn1. The summed E-state index contributed by atoms with van der Waals surface area (Å²) >= 11 is 5.84. The molecule has 4 rings (SSSR count). The van der Waals surface area contributed by atoms with Gasteiger partial charge in [0.1, 0.15) is 11.5 Å². The largest absolute Gasteiger partial charge is 0.454 e. The van der Waals surface area contributed by atoms with Crippen LogP contribution in [-0.4, -0.2) is 31.5 Å². The molecule has 0 amide bonds. The van der Waals surface area contributed by atoms with Crippen LogP contribution in [-0.2, 0) is 0 Å². The zero-order valence-electron chi connectivity index (χ0n) is 11.6. The van der Waals surface area contributed by atoms with Gasteiger partial charge in [-0.15, -0.1) is 5.10 Å². The molecular weight excluding hydrogens is 322 g/mol. The Morgan fingerprint density at radius 3 is 2.91 bits per heavy atom. The first-order valence-corrected chi connectivity index (χ1v) is 6.94. The Morgan fingerprint density at radius 1 is 1.17 bits per heavy atom. The van der Waals surface area contributed by atoms with Crippen molar-refractivity contribution in [2.75, 3.05) is 17.8 Å². The van der Waals surface area contributed by atoms with E-state index in [1.165, 1.54) is 17.1 Å². The summed E-state index contributed by atoms with van der Waals surface area (Å²) in [5, 5.41) is 7.59. The van der Waals surface area contributed by atoms with Crippen molar-refractivity contribution in [3.63, 3.8) is 0 Å². The van der Waals surface area contributed by atoms with Gasteiger partial charge >= 0.3 is 0 Å². The topological polar surface area (TPSA) is 113 Å². The van der Waals surface area contributed by atoms with Crippen LogP contribution in [0, 0.1) is 0 Å². The number of nitrogens with two attached hydrogens (primary N) is 1. The van der Waals surface area contributed by atoms with E-state index in [9.17, 15) is 0 Å². The predicted octanol–water partition coefficient (Wildman–Crippen LogP) is 1.77. The molecule has 116 valence electrons. The van der Waals surface area contributed by atoms with E-state index in [0.717, 1.165) is 5.69 Å². The lowest BCUT2D eigenvalue weighted by molar-refractivity contribution is 0.174. The fourth-order valence-electron chi connectivity index (χ4n) is 2.09. The molecule has 0 saturated heterocycles.